The van der Waals surface area contributed by atoms with Crippen LogP contribution in [0.2, 0.25) is 0 Å². The number of amides is 1. The molecule has 1 aromatic rings. The van der Waals surface area contributed by atoms with E-state index >= 15 is 0 Å². The molecule has 1 aliphatic carbocycles. The van der Waals surface area contributed by atoms with Gasteiger partial charge in [-0.15, -0.1) is 0 Å². The number of anilines is 1. The second-order valence-electron chi connectivity index (χ2n) is 5.09. The molecular formula is C16H22N2O2. The number of carbonyl (C=O) groups excluding carboxylic acids is 1. The lowest BCUT2D eigenvalue weighted by Crippen LogP contribution is -2.26. The summed E-state index contributed by atoms with van der Waals surface area (Å²) in [5.41, 5.74) is 1.66. The molecular weight excluding hydrogens is 252 g/mol. The van der Waals surface area contributed by atoms with Crippen LogP contribution in [0, 0.1) is 5.92 Å². The van der Waals surface area contributed by atoms with Crippen molar-refractivity contribution in [3.05, 3.63) is 42.0 Å². The molecule has 0 saturated carbocycles. The smallest absolute Gasteiger partial charge is 0.251 e. The zero-order valence-corrected chi connectivity index (χ0v) is 11.6. The van der Waals surface area contributed by atoms with Gasteiger partial charge in [0.25, 0.3) is 5.91 Å². The van der Waals surface area contributed by atoms with Crippen molar-refractivity contribution < 1.29 is 9.90 Å². The van der Waals surface area contributed by atoms with Crippen molar-refractivity contribution in [1.82, 2.24) is 5.32 Å². The minimum atomic E-state index is -0.150. The van der Waals surface area contributed by atoms with Crippen molar-refractivity contribution in [3.63, 3.8) is 0 Å². The van der Waals surface area contributed by atoms with Crippen molar-refractivity contribution in [2.24, 2.45) is 5.92 Å². The molecule has 0 bridgehead atoms. The van der Waals surface area contributed by atoms with Crippen LogP contribution in [0.15, 0.2) is 36.4 Å². The fourth-order valence-corrected chi connectivity index (χ4v) is 2.31. The van der Waals surface area contributed by atoms with E-state index in [9.17, 15) is 4.79 Å². The van der Waals surface area contributed by atoms with Gasteiger partial charge in [0.1, 0.15) is 0 Å². The number of aliphatic hydroxyl groups is 1. The van der Waals surface area contributed by atoms with Crippen molar-refractivity contribution in [1.29, 1.82) is 0 Å². The van der Waals surface area contributed by atoms with E-state index < -0.39 is 0 Å². The molecule has 108 valence electrons. The zero-order valence-electron chi connectivity index (χ0n) is 11.6. The van der Waals surface area contributed by atoms with E-state index in [2.05, 4.69) is 22.8 Å². The fraction of sp³-hybridized carbons (Fsp3) is 0.438. The number of aliphatic hydroxyl groups excluding tert-OH is 1. The number of benzene rings is 1. The largest absolute Gasteiger partial charge is 0.395 e. The van der Waals surface area contributed by atoms with Gasteiger partial charge in [-0.25, -0.2) is 0 Å². The molecule has 1 atom stereocenters. The highest BCUT2D eigenvalue weighted by molar-refractivity contribution is 5.94. The maximum Gasteiger partial charge on any atom is 0.251 e. The lowest BCUT2D eigenvalue weighted by Gasteiger charge is -2.18. The summed E-state index contributed by atoms with van der Waals surface area (Å²) in [4.78, 5) is 11.7. The van der Waals surface area contributed by atoms with Crippen LogP contribution in [-0.4, -0.2) is 30.7 Å². The van der Waals surface area contributed by atoms with Crippen molar-refractivity contribution >= 4 is 11.6 Å². The van der Waals surface area contributed by atoms with Gasteiger partial charge in [-0.05, 0) is 49.4 Å². The van der Waals surface area contributed by atoms with Gasteiger partial charge in [-0.2, -0.15) is 0 Å². The van der Waals surface area contributed by atoms with E-state index in [4.69, 9.17) is 5.11 Å². The molecule has 20 heavy (non-hydrogen) atoms. The predicted molar refractivity (Wildman–Crippen MR) is 80.8 cm³/mol. The number of hydrogen-bond donors (Lipinski definition) is 3. The highest BCUT2D eigenvalue weighted by atomic mass is 16.3. The Hall–Kier alpha value is -1.81. The molecule has 1 unspecified atom stereocenters. The summed E-state index contributed by atoms with van der Waals surface area (Å²) in [6.45, 7) is 1.22. The molecule has 0 aliphatic heterocycles. The number of allylic oxidation sites excluding steroid dienone is 2. The normalized spacial score (nSPS) is 17.8. The lowest BCUT2D eigenvalue weighted by atomic mass is 9.94. The maximum atomic E-state index is 11.7. The molecule has 1 amide bonds. The second kappa shape index (κ2) is 7.70. The number of nitrogens with one attached hydrogen (secondary N) is 2. The molecule has 0 aromatic heterocycles. The van der Waals surface area contributed by atoms with Crippen molar-refractivity contribution in [3.8, 4) is 0 Å². The van der Waals surface area contributed by atoms with Crippen LogP contribution in [0.25, 0.3) is 0 Å². The Labute approximate surface area is 119 Å². The summed E-state index contributed by atoms with van der Waals surface area (Å²) >= 11 is 0. The van der Waals surface area contributed by atoms with Gasteiger partial charge < -0.3 is 15.7 Å². The highest BCUT2D eigenvalue weighted by Gasteiger charge is 2.09. The molecule has 0 saturated heterocycles. The van der Waals surface area contributed by atoms with Crippen molar-refractivity contribution in [2.75, 3.05) is 25.0 Å². The Morgan fingerprint density at radius 3 is 2.70 bits per heavy atom. The quantitative estimate of drug-likeness (QED) is 0.697. The summed E-state index contributed by atoms with van der Waals surface area (Å²) in [5.74, 6) is 0.551. The van der Waals surface area contributed by atoms with Gasteiger partial charge in [0.15, 0.2) is 0 Å². The minimum absolute atomic E-state index is 0.0405. The van der Waals surface area contributed by atoms with Crippen molar-refractivity contribution in [2.45, 2.75) is 19.3 Å². The first-order chi connectivity index (χ1) is 9.79. The maximum absolute atomic E-state index is 11.7. The first kappa shape index (κ1) is 14.6. The minimum Gasteiger partial charge on any atom is -0.395 e. The first-order valence-corrected chi connectivity index (χ1v) is 7.17. The molecule has 0 fully saturated rings. The van der Waals surface area contributed by atoms with Crippen LogP contribution in [-0.2, 0) is 0 Å². The Balaban J connectivity index is 1.81. The van der Waals surface area contributed by atoms with E-state index in [1.807, 2.05) is 12.1 Å². The van der Waals surface area contributed by atoms with E-state index in [0.29, 0.717) is 11.5 Å². The average molecular weight is 274 g/mol. The summed E-state index contributed by atoms with van der Waals surface area (Å²) < 4.78 is 0. The van der Waals surface area contributed by atoms with Crippen LogP contribution < -0.4 is 10.6 Å². The Morgan fingerprint density at radius 1 is 1.25 bits per heavy atom. The summed E-state index contributed by atoms with van der Waals surface area (Å²) in [6.07, 6.45) is 8.07. The first-order valence-electron chi connectivity index (χ1n) is 7.17. The third-order valence-electron chi connectivity index (χ3n) is 3.52. The van der Waals surface area contributed by atoms with Crippen LogP contribution in [0.1, 0.15) is 29.6 Å². The molecule has 4 nitrogen and oxygen atoms in total. The Morgan fingerprint density at radius 2 is 2.05 bits per heavy atom. The fourth-order valence-electron chi connectivity index (χ4n) is 2.31. The standard InChI is InChI=1S/C16H22N2O2/c19-11-10-17-16(20)14-6-8-15(9-7-14)18-12-13-4-2-1-3-5-13/h1-2,6-9,13,18-19H,3-5,10-12H2,(H,17,20). The number of rotatable bonds is 6. The molecule has 0 heterocycles. The topological polar surface area (TPSA) is 61.4 Å². The zero-order chi connectivity index (χ0) is 14.2. The molecule has 1 aromatic carbocycles. The molecule has 0 radical (unpaired) electrons. The lowest BCUT2D eigenvalue weighted by molar-refractivity contribution is 0.0945. The molecule has 4 heteroatoms. The van der Waals surface area contributed by atoms with E-state index in [1.165, 1.54) is 12.8 Å². The van der Waals surface area contributed by atoms with Crippen LogP contribution in [0.3, 0.4) is 0 Å². The van der Waals surface area contributed by atoms with Gasteiger partial charge in [-0.1, -0.05) is 12.2 Å². The van der Waals surface area contributed by atoms with Gasteiger partial charge in [-0.3, -0.25) is 4.79 Å². The van der Waals surface area contributed by atoms with Gasteiger partial charge >= 0.3 is 0 Å². The number of hydrogen-bond acceptors (Lipinski definition) is 3. The van der Waals surface area contributed by atoms with Gasteiger partial charge in [0.05, 0.1) is 6.61 Å². The Kier molecular flexibility index (Phi) is 5.62. The van der Waals surface area contributed by atoms with E-state index in [-0.39, 0.29) is 19.1 Å². The summed E-state index contributed by atoms with van der Waals surface area (Å²) in [7, 11) is 0. The molecule has 2 rings (SSSR count). The monoisotopic (exact) mass is 274 g/mol. The Bertz CT molecular complexity index is 454. The average Bonchev–Trinajstić information content (AvgIpc) is 2.52. The molecule has 3 N–H and O–H groups in total. The summed E-state index contributed by atoms with van der Waals surface area (Å²) in [6, 6.07) is 7.45. The van der Waals surface area contributed by atoms with Gasteiger partial charge in [0, 0.05) is 24.3 Å². The molecule has 0 spiro atoms. The molecule has 1 aliphatic rings. The van der Waals surface area contributed by atoms with Crippen LogP contribution >= 0.6 is 0 Å². The third-order valence-corrected chi connectivity index (χ3v) is 3.52. The van der Waals surface area contributed by atoms with Crippen LogP contribution in [0.4, 0.5) is 5.69 Å². The second-order valence-corrected chi connectivity index (χ2v) is 5.09. The highest BCUT2D eigenvalue weighted by Crippen LogP contribution is 2.19. The van der Waals surface area contributed by atoms with E-state index in [1.54, 1.807) is 12.1 Å². The summed E-state index contributed by atoms with van der Waals surface area (Å²) in [5, 5.41) is 14.7. The van der Waals surface area contributed by atoms with E-state index in [0.717, 1.165) is 18.7 Å². The van der Waals surface area contributed by atoms with Crippen LogP contribution in [0.5, 0.6) is 0 Å². The SMILES string of the molecule is O=C(NCCO)c1ccc(NCC2CC=CCC2)cc1. The number of carbonyl (C=O) groups is 1. The van der Waals surface area contributed by atoms with Gasteiger partial charge in [0.2, 0.25) is 0 Å². The predicted octanol–water partition coefficient (Wildman–Crippen LogP) is 2.18. The third kappa shape index (κ3) is 4.38.